The molecular formula is C17H19F2N5O2. The number of hydrogen-bond acceptors (Lipinski definition) is 6. The van der Waals surface area contributed by atoms with Crippen molar-refractivity contribution in [1.82, 2.24) is 9.97 Å². The topological polar surface area (TPSA) is 93.4 Å². The second kappa shape index (κ2) is 6.74. The highest BCUT2D eigenvalue weighted by atomic mass is 19.1. The van der Waals surface area contributed by atoms with Gasteiger partial charge in [0.1, 0.15) is 5.75 Å². The van der Waals surface area contributed by atoms with Gasteiger partial charge in [-0.25, -0.2) is 9.37 Å². The summed E-state index contributed by atoms with van der Waals surface area (Å²) in [7, 11) is 0. The van der Waals surface area contributed by atoms with E-state index in [9.17, 15) is 13.6 Å². The smallest absolute Gasteiger partial charge is 0.270 e. The summed E-state index contributed by atoms with van der Waals surface area (Å²) in [6.07, 6.45) is 1.21. The molecule has 0 saturated carbocycles. The number of amides is 1. The molecule has 1 amide bonds. The van der Waals surface area contributed by atoms with Crippen molar-refractivity contribution >= 4 is 29.0 Å². The lowest BCUT2D eigenvalue weighted by Crippen LogP contribution is -2.52. The molecule has 138 valence electrons. The molecule has 2 heterocycles. The molecule has 7 nitrogen and oxygen atoms in total. The number of hydrogen-bond donors (Lipinski definition) is 2. The Labute approximate surface area is 149 Å². The number of anilines is 4. The molecule has 1 aromatic heterocycles. The first-order valence-corrected chi connectivity index (χ1v) is 8.08. The molecule has 2 aromatic rings. The van der Waals surface area contributed by atoms with Gasteiger partial charge in [-0.1, -0.05) is 0 Å². The Morgan fingerprint density at radius 1 is 1.38 bits per heavy atom. The maximum Gasteiger partial charge on any atom is 0.270 e. The molecule has 0 bridgehead atoms. The van der Waals surface area contributed by atoms with Gasteiger partial charge in [-0.2, -0.15) is 4.98 Å². The second-order valence-electron chi connectivity index (χ2n) is 6.35. The zero-order chi connectivity index (χ0) is 18.9. The number of halogens is 2. The van der Waals surface area contributed by atoms with E-state index in [1.807, 2.05) is 0 Å². The van der Waals surface area contributed by atoms with Crippen LogP contribution < -0.4 is 20.7 Å². The predicted octanol–water partition coefficient (Wildman–Crippen LogP) is 2.81. The average molecular weight is 363 g/mol. The molecule has 1 aromatic carbocycles. The van der Waals surface area contributed by atoms with E-state index in [-0.39, 0.29) is 30.6 Å². The molecule has 3 rings (SSSR count). The molecular weight excluding hydrogens is 344 g/mol. The summed E-state index contributed by atoms with van der Waals surface area (Å²) in [5, 5.41) is 2.91. The number of benzene rings is 1. The third-order valence-corrected chi connectivity index (χ3v) is 3.92. The lowest BCUT2D eigenvalue weighted by Gasteiger charge is -2.38. The largest absolute Gasteiger partial charge is 0.476 e. The quantitative estimate of drug-likeness (QED) is 0.848. The minimum Gasteiger partial charge on any atom is -0.476 e. The summed E-state index contributed by atoms with van der Waals surface area (Å²) in [5.74, 6) is -0.597. The molecule has 0 unspecified atom stereocenters. The van der Waals surface area contributed by atoms with Gasteiger partial charge in [0, 0.05) is 18.3 Å². The first kappa shape index (κ1) is 17.8. The Morgan fingerprint density at radius 2 is 2.15 bits per heavy atom. The van der Waals surface area contributed by atoms with Crippen molar-refractivity contribution in [2.45, 2.75) is 25.9 Å². The van der Waals surface area contributed by atoms with Gasteiger partial charge in [0.25, 0.3) is 5.91 Å². The van der Waals surface area contributed by atoms with E-state index in [1.165, 1.54) is 4.90 Å². The van der Waals surface area contributed by atoms with Crippen LogP contribution in [0, 0.1) is 5.82 Å². The van der Waals surface area contributed by atoms with E-state index < -0.39 is 18.1 Å². The van der Waals surface area contributed by atoms with Gasteiger partial charge < -0.3 is 20.7 Å². The first-order chi connectivity index (χ1) is 12.3. The van der Waals surface area contributed by atoms with Crippen LogP contribution in [0.25, 0.3) is 0 Å². The Hall–Kier alpha value is -2.97. The lowest BCUT2D eigenvalue weighted by molar-refractivity contribution is -0.132. The van der Waals surface area contributed by atoms with Crippen LogP contribution in [0.3, 0.4) is 0 Å². The van der Waals surface area contributed by atoms with E-state index in [0.29, 0.717) is 17.1 Å². The lowest BCUT2D eigenvalue weighted by atomic mass is 10.0. The van der Waals surface area contributed by atoms with Crippen LogP contribution in [0.4, 0.5) is 31.9 Å². The normalized spacial score (nSPS) is 15.4. The highest BCUT2D eigenvalue weighted by Gasteiger charge is 2.40. The molecule has 0 fully saturated rings. The third kappa shape index (κ3) is 3.37. The van der Waals surface area contributed by atoms with Gasteiger partial charge in [0.05, 0.1) is 18.6 Å². The number of nitrogens with two attached hydrogens (primary N) is 1. The number of rotatable bonds is 5. The fraction of sp³-hybridized carbons (Fsp3) is 0.353. The van der Waals surface area contributed by atoms with Crippen LogP contribution in [0.2, 0.25) is 0 Å². The Morgan fingerprint density at radius 3 is 2.85 bits per heavy atom. The van der Waals surface area contributed by atoms with Crippen LogP contribution in [-0.2, 0) is 4.79 Å². The third-order valence-electron chi connectivity index (χ3n) is 3.92. The minimum absolute atomic E-state index is 0.129. The van der Waals surface area contributed by atoms with Crippen LogP contribution in [0.15, 0.2) is 24.4 Å². The summed E-state index contributed by atoms with van der Waals surface area (Å²) in [4.78, 5) is 21.7. The molecule has 1 aliphatic rings. The van der Waals surface area contributed by atoms with Crippen molar-refractivity contribution < 1.29 is 18.3 Å². The molecule has 0 atom stereocenters. The number of nitrogens with zero attached hydrogens (tertiary/aromatic N) is 3. The number of fused-ring (bicyclic) bond motifs is 1. The summed E-state index contributed by atoms with van der Waals surface area (Å²) < 4.78 is 31.6. The highest BCUT2D eigenvalue weighted by Crippen LogP contribution is 2.40. The molecule has 3 N–H and O–H groups in total. The van der Waals surface area contributed by atoms with Gasteiger partial charge in [0.2, 0.25) is 5.95 Å². The number of nitrogens with one attached hydrogen (secondary N) is 1. The summed E-state index contributed by atoms with van der Waals surface area (Å²) in [6.45, 7) is 3.07. The van der Waals surface area contributed by atoms with Gasteiger partial charge in [0.15, 0.2) is 17.2 Å². The molecule has 0 aliphatic carbocycles. The number of aromatic nitrogens is 2. The SMILES string of the molecule is CC1(C)Oc2cc(Nc3ncc(F)c(N)n3)ccc2N(CCCF)C1=O. The minimum atomic E-state index is -1.07. The summed E-state index contributed by atoms with van der Waals surface area (Å²) in [6, 6.07) is 5.06. The zero-order valence-corrected chi connectivity index (χ0v) is 14.4. The monoisotopic (exact) mass is 363 g/mol. The molecule has 26 heavy (non-hydrogen) atoms. The summed E-state index contributed by atoms with van der Waals surface area (Å²) >= 11 is 0. The van der Waals surface area contributed by atoms with Crippen molar-refractivity contribution in [3.05, 3.63) is 30.2 Å². The zero-order valence-electron chi connectivity index (χ0n) is 14.4. The Kier molecular flexibility index (Phi) is 4.62. The van der Waals surface area contributed by atoms with E-state index in [0.717, 1.165) is 6.20 Å². The number of carbonyl (C=O) groups is 1. The fourth-order valence-corrected chi connectivity index (χ4v) is 2.66. The number of nitrogen functional groups attached to an aromatic ring is 1. The standard InChI is InChI=1S/C17H19F2N5O2/c1-17(2)15(25)24(7-3-6-18)12-5-4-10(8-13(12)26-17)22-16-21-9-11(19)14(20)23-16/h4-5,8-9H,3,6-7H2,1-2H3,(H3,20,21,22,23). The maximum absolute atomic E-state index is 13.2. The van der Waals surface area contributed by atoms with Gasteiger partial charge in [-0.3, -0.25) is 9.18 Å². The van der Waals surface area contributed by atoms with Gasteiger partial charge >= 0.3 is 0 Å². The maximum atomic E-state index is 13.2. The highest BCUT2D eigenvalue weighted by molar-refractivity contribution is 6.02. The van der Waals surface area contributed by atoms with E-state index in [2.05, 4.69) is 15.3 Å². The van der Waals surface area contributed by atoms with Gasteiger partial charge in [-0.05, 0) is 32.4 Å². The van der Waals surface area contributed by atoms with Crippen molar-refractivity contribution in [2.24, 2.45) is 0 Å². The van der Waals surface area contributed by atoms with Crippen molar-refractivity contribution in [2.75, 3.05) is 29.2 Å². The average Bonchev–Trinajstić information content (AvgIpc) is 2.58. The van der Waals surface area contributed by atoms with Crippen molar-refractivity contribution in [3.63, 3.8) is 0 Å². The molecule has 0 spiro atoms. The molecule has 1 aliphatic heterocycles. The van der Waals surface area contributed by atoms with E-state index >= 15 is 0 Å². The number of alkyl halides is 1. The van der Waals surface area contributed by atoms with E-state index in [1.54, 1.807) is 32.0 Å². The van der Waals surface area contributed by atoms with Crippen LogP contribution in [0.5, 0.6) is 5.75 Å². The van der Waals surface area contributed by atoms with Gasteiger partial charge in [-0.15, -0.1) is 0 Å². The van der Waals surface area contributed by atoms with Crippen molar-refractivity contribution in [3.8, 4) is 5.75 Å². The second-order valence-corrected chi connectivity index (χ2v) is 6.35. The predicted molar refractivity (Wildman–Crippen MR) is 93.8 cm³/mol. The van der Waals surface area contributed by atoms with Crippen LogP contribution >= 0.6 is 0 Å². The Bertz CT molecular complexity index is 844. The van der Waals surface area contributed by atoms with E-state index in [4.69, 9.17) is 10.5 Å². The molecule has 0 radical (unpaired) electrons. The first-order valence-electron chi connectivity index (χ1n) is 8.08. The van der Waals surface area contributed by atoms with Crippen LogP contribution in [-0.4, -0.2) is 34.7 Å². The summed E-state index contributed by atoms with van der Waals surface area (Å²) in [5.41, 5.74) is 5.50. The molecule has 9 heteroatoms. The number of carbonyl (C=O) groups excluding carboxylic acids is 1. The van der Waals surface area contributed by atoms with Crippen molar-refractivity contribution in [1.29, 1.82) is 0 Å². The molecule has 0 saturated heterocycles. The van der Waals surface area contributed by atoms with Crippen LogP contribution in [0.1, 0.15) is 20.3 Å². The fourth-order valence-electron chi connectivity index (χ4n) is 2.66. The Balaban J connectivity index is 1.91. The number of ether oxygens (including phenoxy) is 1.